The van der Waals surface area contributed by atoms with Crippen LogP contribution < -0.4 is 10.6 Å². The predicted octanol–water partition coefficient (Wildman–Crippen LogP) is 2.54. The molecule has 1 aromatic rings. The Labute approximate surface area is 128 Å². The van der Waals surface area contributed by atoms with Gasteiger partial charge in [0.1, 0.15) is 4.34 Å². The number of hydrogen-bond acceptors (Lipinski definition) is 5. The van der Waals surface area contributed by atoms with Crippen molar-refractivity contribution in [2.45, 2.75) is 17.7 Å². The van der Waals surface area contributed by atoms with E-state index in [1.807, 2.05) is 35.1 Å². The van der Waals surface area contributed by atoms with Gasteiger partial charge in [-0.1, -0.05) is 11.8 Å². The lowest BCUT2D eigenvalue weighted by molar-refractivity contribution is 0.832. The van der Waals surface area contributed by atoms with E-state index in [2.05, 4.69) is 33.8 Å². The molecule has 0 fully saturated rings. The van der Waals surface area contributed by atoms with Gasteiger partial charge in [-0.25, -0.2) is 4.98 Å². The van der Waals surface area contributed by atoms with Gasteiger partial charge in [0.15, 0.2) is 5.96 Å². The van der Waals surface area contributed by atoms with Crippen LogP contribution in [0.2, 0.25) is 0 Å². The van der Waals surface area contributed by atoms with Gasteiger partial charge in [0.25, 0.3) is 0 Å². The fraction of sp³-hybridized carbons (Fsp3) is 0.667. The Balaban J connectivity index is 2.15. The molecule has 1 aromatic heterocycles. The maximum absolute atomic E-state index is 4.56. The van der Waals surface area contributed by atoms with E-state index in [-0.39, 0.29) is 0 Å². The number of thiazole rings is 1. The van der Waals surface area contributed by atoms with Gasteiger partial charge in [-0.2, -0.15) is 11.8 Å². The molecule has 0 atom stereocenters. The van der Waals surface area contributed by atoms with Gasteiger partial charge >= 0.3 is 0 Å². The van der Waals surface area contributed by atoms with Crippen molar-refractivity contribution in [3.05, 3.63) is 11.6 Å². The first-order chi connectivity index (χ1) is 9.36. The average Bonchev–Trinajstić information content (AvgIpc) is 2.91. The lowest BCUT2D eigenvalue weighted by Gasteiger charge is -2.10. The number of guanidine groups is 1. The SMILES string of the molecule is CCNC(=NCCCSc1nccs1)NCCSC. The van der Waals surface area contributed by atoms with E-state index >= 15 is 0 Å². The normalized spacial score (nSPS) is 11.6. The molecule has 0 saturated carbocycles. The van der Waals surface area contributed by atoms with Crippen LogP contribution >= 0.6 is 34.9 Å². The van der Waals surface area contributed by atoms with Gasteiger partial charge in [-0.05, 0) is 19.6 Å². The second-order valence-electron chi connectivity index (χ2n) is 3.68. The quantitative estimate of drug-likeness (QED) is 0.317. The Morgan fingerprint density at radius 1 is 1.42 bits per heavy atom. The van der Waals surface area contributed by atoms with Gasteiger partial charge in [0.05, 0.1) is 0 Å². The number of rotatable bonds is 9. The molecule has 0 bridgehead atoms. The standard InChI is InChI=1S/C12H22N4S3/c1-3-13-11(15-6-9-17-2)14-5-4-8-18-12-16-7-10-19-12/h7,10H,3-6,8-9H2,1-2H3,(H2,13,14,15). The Morgan fingerprint density at radius 2 is 2.32 bits per heavy atom. The molecule has 2 N–H and O–H groups in total. The minimum atomic E-state index is 0.854. The molecule has 0 radical (unpaired) electrons. The molecule has 4 nitrogen and oxygen atoms in total. The molecule has 1 heterocycles. The molecule has 0 aliphatic heterocycles. The maximum Gasteiger partial charge on any atom is 0.191 e. The van der Waals surface area contributed by atoms with E-state index in [0.29, 0.717) is 0 Å². The minimum Gasteiger partial charge on any atom is -0.357 e. The topological polar surface area (TPSA) is 49.3 Å². The predicted molar refractivity (Wildman–Crippen MR) is 89.8 cm³/mol. The van der Waals surface area contributed by atoms with E-state index in [9.17, 15) is 0 Å². The highest BCUT2D eigenvalue weighted by Crippen LogP contribution is 2.20. The number of nitrogens with one attached hydrogen (secondary N) is 2. The van der Waals surface area contributed by atoms with Crippen LogP contribution in [0.15, 0.2) is 20.9 Å². The van der Waals surface area contributed by atoms with E-state index in [0.717, 1.165) is 47.9 Å². The van der Waals surface area contributed by atoms with Crippen molar-refractivity contribution >= 4 is 40.8 Å². The summed E-state index contributed by atoms with van der Waals surface area (Å²) in [7, 11) is 0. The fourth-order valence-corrected chi connectivity index (χ4v) is 3.25. The summed E-state index contributed by atoms with van der Waals surface area (Å²) in [6.07, 6.45) is 5.04. The molecule has 108 valence electrons. The van der Waals surface area contributed by atoms with E-state index in [1.54, 1.807) is 11.3 Å². The molecular weight excluding hydrogens is 296 g/mol. The highest BCUT2D eigenvalue weighted by Gasteiger charge is 1.97. The zero-order chi connectivity index (χ0) is 13.8. The number of hydrogen-bond donors (Lipinski definition) is 2. The van der Waals surface area contributed by atoms with Crippen molar-refractivity contribution in [1.29, 1.82) is 0 Å². The summed E-state index contributed by atoms with van der Waals surface area (Å²) < 4.78 is 1.15. The fourth-order valence-electron chi connectivity index (χ4n) is 1.31. The van der Waals surface area contributed by atoms with E-state index in [4.69, 9.17) is 0 Å². The van der Waals surface area contributed by atoms with Gasteiger partial charge in [-0.3, -0.25) is 4.99 Å². The van der Waals surface area contributed by atoms with Crippen LogP contribution in [0.1, 0.15) is 13.3 Å². The zero-order valence-electron chi connectivity index (χ0n) is 11.5. The Kier molecular flexibility index (Phi) is 10.0. The molecule has 19 heavy (non-hydrogen) atoms. The van der Waals surface area contributed by atoms with Gasteiger partial charge in [0.2, 0.25) is 0 Å². The number of aliphatic imine (C=N–C) groups is 1. The molecule has 1 rings (SSSR count). The van der Waals surface area contributed by atoms with E-state index < -0.39 is 0 Å². The molecule has 0 aromatic carbocycles. The Bertz CT molecular complexity index is 341. The summed E-state index contributed by atoms with van der Waals surface area (Å²) in [6.45, 7) is 4.80. The van der Waals surface area contributed by atoms with Gasteiger partial charge < -0.3 is 10.6 Å². The maximum atomic E-state index is 4.56. The van der Waals surface area contributed by atoms with Crippen LogP contribution in [-0.4, -0.2) is 48.3 Å². The monoisotopic (exact) mass is 318 g/mol. The third-order valence-corrected chi connectivity index (χ3v) is 4.82. The lowest BCUT2D eigenvalue weighted by atomic mass is 10.5. The zero-order valence-corrected chi connectivity index (χ0v) is 14.0. The summed E-state index contributed by atoms with van der Waals surface area (Å²) in [5.41, 5.74) is 0. The van der Waals surface area contributed by atoms with E-state index in [1.165, 1.54) is 0 Å². The van der Waals surface area contributed by atoms with Crippen LogP contribution in [0.5, 0.6) is 0 Å². The van der Waals surface area contributed by atoms with Crippen molar-refractivity contribution in [1.82, 2.24) is 15.6 Å². The third-order valence-electron chi connectivity index (χ3n) is 2.15. The van der Waals surface area contributed by atoms with Crippen molar-refractivity contribution in [3.63, 3.8) is 0 Å². The van der Waals surface area contributed by atoms with Gasteiger partial charge in [0, 0.05) is 42.7 Å². The molecule has 0 amide bonds. The molecular formula is C12H22N4S3. The van der Waals surface area contributed by atoms with Crippen LogP contribution in [0.25, 0.3) is 0 Å². The third kappa shape index (κ3) is 8.39. The summed E-state index contributed by atoms with van der Waals surface area (Å²) in [4.78, 5) is 8.81. The summed E-state index contributed by atoms with van der Waals surface area (Å²) >= 11 is 5.34. The van der Waals surface area contributed by atoms with Crippen molar-refractivity contribution in [2.24, 2.45) is 4.99 Å². The first kappa shape index (κ1) is 16.7. The van der Waals surface area contributed by atoms with Crippen molar-refractivity contribution in [3.8, 4) is 0 Å². The molecule has 0 aliphatic rings. The largest absolute Gasteiger partial charge is 0.357 e. The van der Waals surface area contributed by atoms with Crippen molar-refractivity contribution in [2.75, 3.05) is 37.4 Å². The van der Waals surface area contributed by atoms with Crippen LogP contribution in [0.3, 0.4) is 0 Å². The number of nitrogens with zero attached hydrogens (tertiary/aromatic N) is 2. The van der Waals surface area contributed by atoms with Crippen LogP contribution in [0.4, 0.5) is 0 Å². The van der Waals surface area contributed by atoms with Crippen molar-refractivity contribution < 1.29 is 0 Å². The number of thioether (sulfide) groups is 2. The Morgan fingerprint density at radius 3 is 3.00 bits per heavy atom. The first-order valence-electron chi connectivity index (χ1n) is 6.40. The Hall–Kier alpha value is -0.400. The first-order valence-corrected chi connectivity index (χ1v) is 9.66. The number of aromatic nitrogens is 1. The van der Waals surface area contributed by atoms with Crippen LogP contribution in [0, 0.1) is 0 Å². The van der Waals surface area contributed by atoms with Gasteiger partial charge in [-0.15, -0.1) is 11.3 Å². The highest BCUT2D eigenvalue weighted by molar-refractivity contribution is 8.01. The van der Waals surface area contributed by atoms with Crippen LogP contribution in [-0.2, 0) is 0 Å². The lowest BCUT2D eigenvalue weighted by Crippen LogP contribution is -2.38. The molecule has 7 heteroatoms. The molecule has 0 saturated heterocycles. The highest BCUT2D eigenvalue weighted by atomic mass is 32.2. The smallest absolute Gasteiger partial charge is 0.191 e. The molecule has 0 aliphatic carbocycles. The average molecular weight is 319 g/mol. The minimum absolute atomic E-state index is 0.854. The summed E-state index contributed by atoms with van der Waals surface area (Å²) in [5, 5.41) is 8.60. The summed E-state index contributed by atoms with van der Waals surface area (Å²) in [5.74, 6) is 3.10. The molecule has 0 unspecified atom stereocenters. The molecule has 0 spiro atoms. The second kappa shape index (κ2) is 11.4. The summed E-state index contributed by atoms with van der Waals surface area (Å²) in [6, 6.07) is 0. The second-order valence-corrected chi connectivity index (χ2v) is 6.90.